The number of benzene rings is 2. The number of halogens is 1. The minimum Gasteiger partial charge on any atom is -0.466 e. The van der Waals surface area contributed by atoms with Gasteiger partial charge in [0, 0.05) is 19.0 Å². The molecule has 1 atom stereocenters. The van der Waals surface area contributed by atoms with E-state index >= 15 is 0 Å². The third-order valence-corrected chi connectivity index (χ3v) is 5.62. The maximum absolute atomic E-state index is 13.6. The zero-order valence-corrected chi connectivity index (χ0v) is 13.5. The summed E-state index contributed by atoms with van der Waals surface area (Å²) in [6, 6.07) is 13.1. The second-order valence-corrected chi connectivity index (χ2v) is 7.26. The predicted molar refractivity (Wildman–Crippen MR) is 90.8 cm³/mol. The van der Waals surface area contributed by atoms with Gasteiger partial charge in [-0.2, -0.15) is 0 Å². The number of rotatable bonds is 4. The molecule has 0 spiro atoms. The summed E-state index contributed by atoms with van der Waals surface area (Å²) >= 11 is 0. The molecule has 0 radical (unpaired) electrons. The Morgan fingerprint density at radius 3 is 2.65 bits per heavy atom. The molecular weight excluding hydrogens is 319 g/mol. The number of hydrogen-bond acceptors (Lipinski definition) is 5. The van der Waals surface area contributed by atoms with E-state index in [4.69, 9.17) is 4.74 Å². The summed E-state index contributed by atoms with van der Waals surface area (Å²) in [6.07, 6.45) is 0.387. The van der Waals surface area contributed by atoms with Crippen molar-refractivity contribution in [3.05, 3.63) is 54.3 Å². The summed E-state index contributed by atoms with van der Waals surface area (Å²) in [5.41, 5.74) is 0.223. The van der Waals surface area contributed by atoms with E-state index in [-0.39, 0.29) is 0 Å². The fraction of sp³-hybridized carbons (Fsp3) is 0.250. The Hall–Kier alpha value is -1.80. The summed E-state index contributed by atoms with van der Waals surface area (Å²) in [5, 5.41) is 2.96. The molecule has 0 bridgehead atoms. The molecule has 2 aromatic carbocycles. The Bertz CT molecular complexity index is 684. The summed E-state index contributed by atoms with van der Waals surface area (Å²) in [6.45, 7) is 0.549. The largest absolute Gasteiger partial charge is 0.466 e. The van der Waals surface area contributed by atoms with Gasteiger partial charge in [-0.3, -0.25) is 9.11 Å². The van der Waals surface area contributed by atoms with E-state index in [2.05, 4.69) is 5.32 Å². The number of ether oxygens (including phenoxy) is 1. The van der Waals surface area contributed by atoms with Crippen LogP contribution in [-0.4, -0.2) is 28.1 Å². The standard InChI is InChI=1S/C16H19FN2O3S/c1-18-10-9-16-22-15-11-12(17)7-8-14(15)19(23(16,20)21)13-5-3-2-4-6-13/h2-8,11,16,18,20-21H,9-10H2,1H3/t16-/m1/s1. The molecule has 1 aliphatic heterocycles. The fourth-order valence-electron chi connectivity index (χ4n) is 2.56. The molecule has 0 unspecified atom stereocenters. The number of fused-ring (bicyclic) bond motifs is 1. The number of para-hydroxylation sites is 1. The molecule has 5 nitrogen and oxygen atoms in total. The monoisotopic (exact) mass is 338 g/mol. The first-order chi connectivity index (χ1) is 11.0. The van der Waals surface area contributed by atoms with Gasteiger partial charge in [0.25, 0.3) is 0 Å². The molecule has 3 rings (SSSR count). The molecule has 3 N–H and O–H groups in total. The van der Waals surface area contributed by atoms with Crippen molar-refractivity contribution in [3.63, 3.8) is 0 Å². The lowest BCUT2D eigenvalue weighted by molar-refractivity contribution is 0.237. The molecule has 0 saturated heterocycles. The van der Waals surface area contributed by atoms with Crippen LogP contribution in [0.4, 0.5) is 15.8 Å². The zero-order chi connectivity index (χ0) is 16.4. The number of nitrogens with zero attached hydrogens (tertiary/aromatic N) is 1. The number of nitrogens with one attached hydrogen (secondary N) is 1. The Morgan fingerprint density at radius 2 is 1.96 bits per heavy atom. The quantitative estimate of drug-likeness (QED) is 0.787. The van der Waals surface area contributed by atoms with Crippen molar-refractivity contribution in [1.29, 1.82) is 0 Å². The number of hydrogen-bond donors (Lipinski definition) is 3. The lowest BCUT2D eigenvalue weighted by Crippen LogP contribution is -2.40. The molecule has 0 saturated carbocycles. The molecule has 1 aliphatic rings. The third kappa shape index (κ3) is 3.00. The van der Waals surface area contributed by atoms with Crippen LogP contribution in [0, 0.1) is 5.82 Å². The third-order valence-electron chi connectivity index (χ3n) is 3.64. The van der Waals surface area contributed by atoms with Gasteiger partial charge in [-0.1, -0.05) is 29.0 Å². The van der Waals surface area contributed by atoms with E-state index in [0.29, 0.717) is 30.1 Å². The van der Waals surface area contributed by atoms with Crippen molar-refractivity contribution in [2.45, 2.75) is 11.9 Å². The van der Waals surface area contributed by atoms with E-state index in [1.807, 2.05) is 18.2 Å². The van der Waals surface area contributed by atoms with Crippen LogP contribution < -0.4 is 14.4 Å². The van der Waals surface area contributed by atoms with Crippen LogP contribution in [0.25, 0.3) is 0 Å². The Balaban J connectivity index is 2.10. The van der Waals surface area contributed by atoms with Crippen LogP contribution in [-0.2, 0) is 0 Å². The van der Waals surface area contributed by atoms with E-state index < -0.39 is 22.0 Å². The molecule has 23 heavy (non-hydrogen) atoms. The Kier molecular flexibility index (Phi) is 4.45. The molecule has 0 aromatic heterocycles. The van der Waals surface area contributed by atoms with Gasteiger partial charge in [0.1, 0.15) is 11.5 Å². The molecular formula is C16H19FN2O3S. The van der Waals surface area contributed by atoms with Crippen molar-refractivity contribution >= 4 is 22.2 Å². The maximum atomic E-state index is 13.6. The van der Waals surface area contributed by atoms with Crippen molar-refractivity contribution in [1.82, 2.24) is 5.32 Å². The van der Waals surface area contributed by atoms with Crippen molar-refractivity contribution in [3.8, 4) is 5.75 Å². The van der Waals surface area contributed by atoms with E-state index in [0.717, 1.165) is 0 Å². The molecule has 124 valence electrons. The minimum absolute atomic E-state index is 0.307. The summed E-state index contributed by atoms with van der Waals surface area (Å²) in [5.74, 6) is -0.122. The average molecular weight is 338 g/mol. The van der Waals surface area contributed by atoms with Gasteiger partial charge in [0.15, 0.2) is 5.75 Å². The second kappa shape index (κ2) is 6.37. The zero-order valence-electron chi connectivity index (χ0n) is 12.6. The lowest BCUT2D eigenvalue weighted by atomic mass is 10.2. The molecule has 0 fully saturated rings. The van der Waals surface area contributed by atoms with Crippen LogP contribution in [0.5, 0.6) is 5.75 Å². The highest BCUT2D eigenvalue weighted by atomic mass is 32.3. The maximum Gasteiger partial charge on any atom is 0.207 e. The van der Waals surface area contributed by atoms with Gasteiger partial charge >= 0.3 is 0 Å². The van der Waals surface area contributed by atoms with Gasteiger partial charge in [-0.05, 0) is 31.3 Å². The van der Waals surface area contributed by atoms with E-state index in [1.165, 1.54) is 22.5 Å². The molecule has 0 aliphatic carbocycles. The predicted octanol–water partition coefficient (Wildman–Crippen LogP) is 3.96. The SMILES string of the molecule is CNCC[C@@H]1Oc2cc(F)ccc2N(c2ccccc2)S1(O)O. The Labute approximate surface area is 136 Å². The van der Waals surface area contributed by atoms with Crippen LogP contribution >= 0.6 is 10.8 Å². The van der Waals surface area contributed by atoms with Crippen LogP contribution in [0.15, 0.2) is 48.5 Å². The summed E-state index contributed by atoms with van der Waals surface area (Å²) in [4.78, 5) is 0. The highest BCUT2D eigenvalue weighted by Crippen LogP contribution is 2.61. The highest BCUT2D eigenvalue weighted by molar-refractivity contribution is 8.26. The molecule has 1 heterocycles. The van der Waals surface area contributed by atoms with Gasteiger partial charge < -0.3 is 10.1 Å². The van der Waals surface area contributed by atoms with Gasteiger partial charge in [-0.25, -0.2) is 8.70 Å². The minimum atomic E-state index is -3.27. The topological polar surface area (TPSA) is 65.0 Å². The molecule has 2 aromatic rings. The van der Waals surface area contributed by atoms with E-state index in [1.54, 1.807) is 19.2 Å². The fourth-order valence-corrected chi connectivity index (χ4v) is 4.33. The first-order valence-corrected chi connectivity index (χ1v) is 8.84. The van der Waals surface area contributed by atoms with Crippen molar-refractivity contribution < 1.29 is 18.2 Å². The highest BCUT2D eigenvalue weighted by Gasteiger charge is 2.41. The Morgan fingerprint density at radius 1 is 1.22 bits per heavy atom. The lowest BCUT2D eigenvalue weighted by Gasteiger charge is -2.51. The van der Waals surface area contributed by atoms with Crippen LogP contribution in [0.3, 0.4) is 0 Å². The number of anilines is 2. The second-order valence-electron chi connectivity index (χ2n) is 5.24. The van der Waals surface area contributed by atoms with E-state index in [9.17, 15) is 13.5 Å². The summed E-state index contributed by atoms with van der Waals surface area (Å²) in [7, 11) is -1.49. The van der Waals surface area contributed by atoms with Crippen molar-refractivity contribution in [2.75, 3.05) is 17.9 Å². The van der Waals surface area contributed by atoms with Gasteiger partial charge in [0.05, 0.1) is 5.69 Å². The van der Waals surface area contributed by atoms with Crippen LogP contribution in [0.1, 0.15) is 6.42 Å². The molecule has 0 amide bonds. The first kappa shape index (κ1) is 16.1. The summed E-state index contributed by atoms with van der Waals surface area (Å²) < 4.78 is 42.3. The van der Waals surface area contributed by atoms with Crippen molar-refractivity contribution in [2.24, 2.45) is 0 Å². The van der Waals surface area contributed by atoms with Gasteiger partial charge in [-0.15, -0.1) is 0 Å². The van der Waals surface area contributed by atoms with Gasteiger partial charge in [0.2, 0.25) is 5.44 Å². The smallest absolute Gasteiger partial charge is 0.207 e. The van der Waals surface area contributed by atoms with Crippen LogP contribution in [0.2, 0.25) is 0 Å². The molecule has 7 heteroatoms. The first-order valence-electron chi connectivity index (χ1n) is 7.27. The average Bonchev–Trinajstić information content (AvgIpc) is 2.53. The normalized spacial score (nSPS) is 20.5.